The largest absolute Gasteiger partial charge is 0.383 e. The third-order valence-corrected chi connectivity index (χ3v) is 3.70. The molecule has 2 N–H and O–H groups in total. The van der Waals surface area contributed by atoms with Crippen LogP contribution in [-0.4, -0.2) is 9.38 Å². The van der Waals surface area contributed by atoms with E-state index in [1.807, 2.05) is 19.2 Å². The summed E-state index contributed by atoms with van der Waals surface area (Å²) in [4.78, 5) is 4.50. The molecule has 0 spiro atoms. The highest BCUT2D eigenvalue weighted by atomic mass is 79.9. The number of pyridine rings is 1. The number of imidazole rings is 1. The third-order valence-electron chi connectivity index (χ3n) is 3.04. The van der Waals surface area contributed by atoms with E-state index >= 15 is 0 Å². The molecule has 2 heterocycles. The van der Waals surface area contributed by atoms with Gasteiger partial charge in [-0.2, -0.15) is 0 Å². The van der Waals surface area contributed by atoms with E-state index in [0.29, 0.717) is 22.1 Å². The molecule has 3 rings (SSSR count). The molecule has 0 fully saturated rings. The maximum atomic E-state index is 13.5. The van der Waals surface area contributed by atoms with E-state index in [0.717, 1.165) is 15.7 Å². The zero-order chi connectivity index (χ0) is 14.4. The third kappa shape index (κ3) is 2.17. The number of aryl methyl sites for hydroxylation is 1. The van der Waals surface area contributed by atoms with Crippen LogP contribution in [0.2, 0.25) is 5.02 Å². The lowest BCUT2D eigenvalue weighted by Crippen LogP contribution is -1.95. The molecular formula is C14H10BrClFN3. The lowest BCUT2D eigenvalue weighted by Gasteiger charge is -2.02. The molecule has 0 atom stereocenters. The lowest BCUT2D eigenvalue weighted by molar-refractivity contribution is 0.628. The Morgan fingerprint density at radius 3 is 2.75 bits per heavy atom. The van der Waals surface area contributed by atoms with E-state index in [9.17, 15) is 4.39 Å². The Morgan fingerprint density at radius 1 is 1.30 bits per heavy atom. The van der Waals surface area contributed by atoms with E-state index in [1.54, 1.807) is 10.5 Å². The van der Waals surface area contributed by atoms with Crippen LogP contribution in [0.15, 0.2) is 34.9 Å². The molecule has 0 aliphatic carbocycles. The fraction of sp³-hybridized carbons (Fsp3) is 0.0714. The van der Waals surface area contributed by atoms with Crippen molar-refractivity contribution < 1.29 is 4.39 Å². The quantitative estimate of drug-likeness (QED) is 0.702. The van der Waals surface area contributed by atoms with Gasteiger partial charge in [-0.05, 0) is 52.7 Å². The molecule has 20 heavy (non-hydrogen) atoms. The van der Waals surface area contributed by atoms with Gasteiger partial charge in [-0.25, -0.2) is 9.37 Å². The molecule has 0 saturated carbocycles. The van der Waals surface area contributed by atoms with Gasteiger partial charge in [0.15, 0.2) is 0 Å². The van der Waals surface area contributed by atoms with Crippen molar-refractivity contribution in [3.8, 4) is 11.3 Å². The molecule has 2 aromatic heterocycles. The van der Waals surface area contributed by atoms with Crippen LogP contribution in [0.1, 0.15) is 5.56 Å². The molecule has 3 nitrogen and oxygen atoms in total. The number of fused-ring (bicyclic) bond motifs is 1. The molecule has 102 valence electrons. The normalized spacial score (nSPS) is 11.2. The fourth-order valence-corrected chi connectivity index (χ4v) is 2.96. The van der Waals surface area contributed by atoms with Gasteiger partial charge in [0.25, 0.3) is 0 Å². The average molecular weight is 355 g/mol. The van der Waals surface area contributed by atoms with Crippen molar-refractivity contribution >= 4 is 39.0 Å². The molecule has 0 aliphatic heterocycles. The Morgan fingerprint density at radius 2 is 2.05 bits per heavy atom. The van der Waals surface area contributed by atoms with Gasteiger partial charge in [0, 0.05) is 21.3 Å². The first-order valence-corrected chi connectivity index (χ1v) is 7.03. The van der Waals surface area contributed by atoms with Gasteiger partial charge < -0.3 is 5.73 Å². The van der Waals surface area contributed by atoms with Crippen LogP contribution in [0.4, 0.5) is 10.2 Å². The smallest absolute Gasteiger partial charge is 0.142 e. The van der Waals surface area contributed by atoms with E-state index < -0.39 is 5.82 Å². The number of halogens is 3. The summed E-state index contributed by atoms with van der Waals surface area (Å²) in [6.07, 6.45) is 1.83. The number of nitrogen functional groups attached to an aromatic ring is 1. The van der Waals surface area contributed by atoms with Gasteiger partial charge in [0.1, 0.15) is 23.0 Å². The second-order valence-corrected chi connectivity index (χ2v) is 5.89. The minimum Gasteiger partial charge on any atom is -0.383 e. The number of benzene rings is 1. The molecule has 0 unspecified atom stereocenters. The molecule has 0 aliphatic rings. The Bertz CT molecular complexity index is 809. The molecule has 3 aromatic rings. The summed E-state index contributed by atoms with van der Waals surface area (Å²) in [6, 6.07) is 6.21. The zero-order valence-corrected chi connectivity index (χ0v) is 12.8. The van der Waals surface area contributed by atoms with Crippen molar-refractivity contribution in [1.29, 1.82) is 0 Å². The summed E-state index contributed by atoms with van der Waals surface area (Å²) in [7, 11) is 0. The van der Waals surface area contributed by atoms with E-state index in [2.05, 4.69) is 20.9 Å². The second kappa shape index (κ2) is 4.75. The highest BCUT2D eigenvalue weighted by Gasteiger charge is 2.14. The predicted octanol–water partition coefficient (Wildman–Crippen LogP) is 4.45. The van der Waals surface area contributed by atoms with Crippen LogP contribution in [0.3, 0.4) is 0 Å². The maximum absolute atomic E-state index is 13.5. The first-order valence-electron chi connectivity index (χ1n) is 5.86. The summed E-state index contributed by atoms with van der Waals surface area (Å²) in [6.45, 7) is 1.94. The Kier molecular flexibility index (Phi) is 3.18. The van der Waals surface area contributed by atoms with Crippen molar-refractivity contribution in [1.82, 2.24) is 9.38 Å². The summed E-state index contributed by atoms with van der Waals surface area (Å²) < 4.78 is 16.1. The molecule has 0 amide bonds. The fourth-order valence-electron chi connectivity index (χ4n) is 2.19. The minimum atomic E-state index is -0.415. The Labute approximate surface area is 128 Å². The number of nitrogens with two attached hydrogens (primary N) is 1. The SMILES string of the molecule is Cc1cc(Br)cn2c(N)c(-c3cc(F)cc(Cl)c3)nc12. The van der Waals surface area contributed by atoms with Gasteiger partial charge >= 0.3 is 0 Å². The van der Waals surface area contributed by atoms with Crippen LogP contribution in [0.25, 0.3) is 16.9 Å². The van der Waals surface area contributed by atoms with Crippen molar-refractivity contribution in [2.75, 3.05) is 5.73 Å². The highest BCUT2D eigenvalue weighted by molar-refractivity contribution is 9.10. The number of rotatable bonds is 1. The van der Waals surface area contributed by atoms with Gasteiger partial charge in [-0.1, -0.05) is 11.6 Å². The van der Waals surface area contributed by atoms with Crippen molar-refractivity contribution in [2.45, 2.75) is 6.92 Å². The van der Waals surface area contributed by atoms with Crippen LogP contribution in [0.5, 0.6) is 0 Å². The van der Waals surface area contributed by atoms with Gasteiger partial charge in [-0.15, -0.1) is 0 Å². The van der Waals surface area contributed by atoms with Crippen LogP contribution in [-0.2, 0) is 0 Å². The Balaban J connectivity index is 2.32. The summed E-state index contributed by atoms with van der Waals surface area (Å²) >= 11 is 9.31. The van der Waals surface area contributed by atoms with E-state index in [1.165, 1.54) is 12.1 Å². The average Bonchev–Trinajstić information content (AvgIpc) is 2.66. The second-order valence-electron chi connectivity index (χ2n) is 4.54. The van der Waals surface area contributed by atoms with Gasteiger partial charge in [0.2, 0.25) is 0 Å². The summed E-state index contributed by atoms with van der Waals surface area (Å²) in [5.41, 5.74) is 8.91. The minimum absolute atomic E-state index is 0.314. The monoisotopic (exact) mass is 353 g/mol. The summed E-state index contributed by atoms with van der Waals surface area (Å²) in [5.74, 6) is 0.0351. The molecule has 0 saturated heterocycles. The van der Waals surface area contributed by atoms with Crippen LogP contribution < -0.4 is 5.73 Å². The number of nitrogens with zero attached hydrogens (tertiary/aromatic N) is 2. The lowest BCUT2D eigenvalue weighted by atomic mass is 10.1. The number of aromatic nitrogens is 2. The van der Waals surface area contributed by atoms with Crippen molar-refractivity contribution in [3.05, 3.63) is 51.3 Å². The van der Waals surface area contributed by atoms with Gasteiger partial charge in [-0.3, -0.25) is 4.40 Å². The number of hydrogen-bond donors (Lipinski definition) is 1. The molecular weight excluding hydrogens is 345 g/mol. The number of hydrogen-bond acceptors (Lipinski definition) is 2. The van der Waals surface area contributed by atoms with Crippen LogP contribution >= 0.6 is 27.5 Å². The first-order chi connectivity index (χ1) is 9.45. The predicted molar refractivity (Wildman–Crippen MR) is 82.4 cm³/mol. The molecule has 1 aromatic carbocycles. The Hall–Kier alpha value is -1.59. The van der Waals surface area contributed by atoms with Crippen LogP contribution in [0, 0.1) is 12.7 Å². The van der Waals surface area contributed by atoms with Crippen molar-refractivity contribution in [3.63, 3.8) is 0 Å². The number of anilines is 1. The van der Waals surface area contributed by atoms with E-state index in [4.69, 9.17) is 17.3 Å². The van der Waals surface area contributed by atoms with Gasteiger partial charge in [0.05, 0.1) is 0 Å². The standard InChI is InChI=1S/C14H10BrClFN3/c1-7-2-9(15)6-20-13(18)12(19-14(7)20)8-3-10(16)5-11(17)4-8/h2-6H,18H2,1H3. The maximum Gasteiger partial charge on any atom is 0.142 e. The molecule has 0 bridgehead atoms. The summed E-state index contributed by atoms with van der Waals surface area (Å²) in [5, 5.41) is 0.314. The highest BCUT2D eigenvalue weighted by Crippen LogP contribution is 2.31. The topological polar surface area (TPSA) is 43.3 Å². The molecule has 6 heteroatoms. The van der Waals surface area contributed by atoms with Crippen molar-refractivity contribution in [2.24, 2.45) is 0 Å². The zero-order valence-electron chi connectivity index (χ0n) is 10.5. The van der Waals surface area contributed by atoms with E-state index in [-0.39, 0.29) is 0 Å². The first kappa shape index (κ1) is 13.4. The molecule has 0 radical (unpaired) electrons.